The second-order valence-corrected chi connectivity index (χ2v) is 5.94. The SMILES string of the molecule is OCC12CC(c3ccc(Cl)cc3Cl)(C1)C2. The van der Waals surface area contributed by atoms with Crippen molar-refractivity contribution >= 4 is 23.2 Å². The molecule has 2 bridgehead atoms. The van der Waals surface area contributed by atoms with Crippen LogP contribution < -0.4 is 0 Å². The predicted octanol–water partition coefficient (Wildman–Crippen LogP) is 3.41. The van der Waals surface area contributed by atoms with Gasteiger partial charge in [0.15, 0.2) is 0 Å². The minimum Gasteiger partial charge on any atom is -0.396 e. The second-order valence-electron chi connectivity index (χ2n) is 5.09. The van der Waals surface area contributed by atoms with Gasteiger partial charge < -0.3 is 5.11 Å². The van der Waals surface area contributed by atoms with Crippen LogP contribution in [0.25, 0.3) is 0 Å². The lowest BCUT2D eigenvalue weighted by molar-refractivity contribution is -0.167. The van der Waals surface area contributed by atoms with Gasteiger partial charge in [0.25, 0.3) is 0 Å². The molecule has 3 fully saturated rings. The summed E-state index contributed by atoms with van der Waals surface area (Å²) in [7, 11) is 0. The molecule has 0 aromatic heterocycles. The molecule has 1 N–H and O–H groups in total. The number of aliphatic hydroxyl groups is 1. The van der Waals surface area contributed by atoms with Gasteiger partial charge in [-0.1, -0.05) is 29.3 Å². The number of hydrogen-bond donors (Lipinski definition) is 1. The van der Waals surface area contributed by atoms with E-state index in [0.717, 1.165) is 24.3 Å². The lowest BCUT2D eigenvalue weighted by Crippen LogP contribution is -2.66. The zero-order chi connectivity index (χ0) is 10.7. The summed E-state index contributed by atoms with van der Waals surface area (Å²) in [6.45, 7) is 0.319. The smallest absolute Gasteiger partial charge is 0.0488 e. The summed E-state index contributed by atoms with van der Waals surface area (Å²) in [5.74, 6) is 0. The van der Waals surface area contributed by atoms with E-state index < -0.39 is 0 Å². The molecule has 0 heterocycles. The van der Waals surface area contributed by atoms with Crippen LogP contribution >= 0.6 is 23.2 Å². The van der Waals surface area contributed by atoms with Gasteiger partial charge in [-0.25, -0.2) is 0 Å². The van der Waals surface area contributed by atoms with Crippen molar-refractivity contribution < 1.29 is 5.11 Å². The van der Waals surface area contributed by atoms with Crippen molar-refractivity contribution in [1.29, 1.82) is 0 Å². The van der Waals surface area contributed by atoms with Gasteiger partial charge in [-0.15, -0.1) is 0 Å². The molecule has 0 amide bonds. The van der Waals surface area contributed by atoms with Gasteiger partial charge in [0, 0.05) is 16.7 Å². The molecule has 15 heavy (non-hydrogen) atoms. The highest BCUT2D eigenvalue weighted by atomic mass is 35.5. The van der Waals surface area contributed by atoms with Crippen molar-refractivity contribution in [3.05, 3.63) is 33.8 Å². The van der Waals surface area contributed by atoms with Crippen LogP contribution in [0.4, 0.5) is 0 Å². The van der Waals surface area contributed by atoms with E-state index in [9.17, 15) is 5.11 Å². The first-order chi connectivity index (χ1) is 7.09. The molecule has 4 rings (SSSR count). The molecule has 80 valence electrons. The predicted molar refractivity (Wildman–Crippen MR) is 61.5 cm³/mol. The number of halogens is 2. The number of benzene rings is 1. The van der Waals surface area contributed by atoms with Crippen molar-refractivity contribution in [2.24, 2.45) is 5.41 Å². The molecule has 0 saturated heterocycles. The van der Waals surface area contributed by atoms with Crippen LogP contribution in [0.15, 0.2) is 18.2 Å². The number of rotatable bonds is 2. The van der Waals surface area contributed by atoms with E-state index in [2.05, 4.69) is 0 Å². The topological polar surface area (TPSA) is 20.2 Å². The Morgan fingerprint density at radius 3 is 2.40 bits per heavy atom. The van der Waals surface area contributed by atoms with Gasteiger partial charge in [-0.3, -0.25) is 0 Å². The van der Waals surface area contributed by atoms with Crippen molar-refractivity contribution in [3.8, 4) is 0 Å². The maximum Gasteiger partial charge on any atom is 0.0488 e. The molecule has 1 aromatic rings. The van der Waals surface area contributed by atoms with Gasteiger partial charge in [0.2, 0.25) is 0 Å². The lowest BCUT2D eigenvalue weighted by atomic mass is 9.34. The van der Waals surface area contributed by atoms with Crippen molar-refractivity contribution in [2.75, 3.05) is 6.61 Å². The Labute approximate surface area is 99.0 Å². The Kier molecular flexibility index (Phi) is 1.93. The maximum absolute atomic E-state index is 9.20. The van der Waals surface area contributed by atoms with Gasteiger partial charge in [-0.05, 0) is 47.8 Å². The Balaban J connectivity index is 1.91. The molecular weight excluding hydrogens is 231 g/mol. The zero-order valence-electron chi connectivity index (χ0n) is 8.26. The van der Waals surface area contributed by atoms with Crippen molar-refractivity contribution in [1.82, 2.24) is 0 Å². The highest BCUT2D eigenvalue weighted by Crippen LogP contribution is 2.73. The first-order valence-electron chi connectivity index (χ1n) is 5.16. The van der Waals surface area contributed by atoms with E-state index in [1.807, 2.05) is 18.2 Å². The third-order valence-electron chi connectivity index (χ3n) is 3.98. The third kappa shape index (κ3) is 1.20. The average Bonchev–Trinajstić information content (AvgIpc) is 2.04. The summed E-state index contributed by atoms with van der Waals surface area (Å²) in [6.07, 6.45) is 3.24. The molecule has 0 spiro atoms. The van der Waals surface area contributed by atoms with Gasteiger partial charge in [0.05, 0.1) is 0 Å². The Hall–Kier alpha value is -0.240. The Morgan fingerprint density at radius 1 is 1.20 bits per heavy atom. The van der Waals surface area contributed by atoms with E-state index in [-0.39, 0.29) is 10.8 Å². The highest BCUT2D eigenvalue weighted by Gasteiger charge is 2.68. The normalized spacial score (nSPS) is 37.0. The summed E-state index contributed by atoms with van der Waals surface area (Å²) in [5.41, 5.74) is 1.69. The number of hydrogen-bond acceptors (Lipinski definition) is 1. The minimum absolute atomic E-state index is 0.225. The first kappa shape index (κ1) is 9.95. The minimum atomic E-state index is 0.225. The van der Waals surface area contributed by atoms with Crippen LogP contribution in [0.2, 0.25) is 10.0 Å². The first-order valence-corrected chi connectivity index (χ1v) is 5.91. The molecule has 0 unspecified atom stereocenters. The molecule has 3 aliphatic carbocycles. The molecular formula is C12H12Cl2O. The largest absolute Gasteiger partial charge is 0.396 e. The fraction of sp³-hybridized carbons (Fsp3) is 0.500. The molecule has 0 radical (unpaired) electrons. The fourth-order valence-corrected chi connectivity index (χ4v) is 3.98. The van der Waals surface area contributed by atoms with Crippen LogP contribution in [0, 0.1) is 5.41 Å². The van der Waals surface area contributed by atoms with Crippen molar-refractivity contribution in [3.63, 3.8) is 0 Å². The third-order valence-corrected chi connectivity index (χ3v) is 4.53. The molecule has 0 aliphatic heterocycles. The molecule has 3 heteroatoms. The van der Waals surface area contributed by atoms with Crippen LogP contribution in [0.3, 0.4) is 0 Å². The van der Waals surface area contributed by atoms with Crippen LogP contribution in [-0.2, 0) is 5.41 Å². The number of aliphatic hydroxyl groups excluding tert-OH is 1. The van der Waals surface area contributed by atoms with E-state index >= 15 is 0 Å². The molecule has 1 nitrogen and oxygen atoms in total. The molecule has 1 aromatic carbocycles. The lowest BCUT2D eigenvalue weighted by Gasteiger charge is -2.70. The Morgan fingerprint density at radius 2 is 1.87 bits per heavy atom. The second kappa shape index (κ2) is 2.91. The van der Waals surface area contributed by atoms with E-state index in [1.54, 1.807) is 0 Å². The van der Waals surface area contributed by atoms with Crippen molar-refractivity contribution in [2.45, 2.75) is 24.7 Å². The summed E-state index contributed by atoms with van der Waals surface area (Å²) < 4.78 is 0. The van der Waals surface area contributed by atoms with E-state index in [1.165, 1.54) is 5.56 Å². The molecule has 3 aliphatic rings. The Bertz CT molecular complexity index is 408. The van der Waals surface area contributed by atoms with Gasteiger partial charge in [-0.2, -0.15) is 0 Å². The van der Waals surface area contributed by atoms with Crippen LogP contribution in [0.5, 0.6) is 0 Å². The average molecular weight is 243 g/mol. The monoisotopic (exact) mass is 242 g/mol. The molecule has 0 atom stereocenters. The summed E-state index contributed by atoms with van der Waals surface area (Å²) >= 11 is 12.1. The fourth-order valence-electron chi connectivity index (χ4n) is 3.37. The van der Waals surface area contributed by atoms with Gasteiger partial charge in [0.1, 0.15) is 0 Å². The zero-order valence-corrected chi connectivity index (χ0v) is 9.78. The standard InChI is InChI=1S/C12H12Cl2O/c13-8-1-2-9(10(14)3-8)12-4-11(5-12,6-12)7-15/h1-3,15H,4-7H2. The maximum atomic E-state index is 9.20. The van der Waals surface area contributed by atoms with Crippen LogP contribution in [-0.4, -0.2) is 11.7 Å². The quantitative estimate of drug-likeness (QED) is 0.843. The highest BCUT2D eigenvalue weighted by molar-refractivity contribution is 6.35. The van der Waals surface area contributed by atoms with Crippen LogP contribution in [0.1, 0.15) is 24.8 Å². The summed E-state index contributed by atoms with van der Waals surface area (Å²) in [5, 5.41) is 10.7. The van der Waals surface area contributed by atoms with E-state index in [0.29, 0.717) is 11.6 Å². The van der Waals surface area contributed by atoms with E-state index in [4.69, 9.17) is 23.2 Å². The molecule has 3 saturated carbocycles. The summed E-state index contributed by atoms with van der Waals surface area (Å²) in [6, 6.07) is 5.74. The summed E-state index contributed by atoms with van der Waals surface area (Å²) in [4.78, 5) is 0. The van der Waals surface area contributed by atoms with Gasteiger partial charge >= 0.3 is 0 Å².